The van der Waals surface area contributed by atoms with E-state index in [4.69, 9.17) is 0 Å². The van der Waals surface area contributed by atoms with E-state index in [0.717, 1.165) is 17.8 Å². The molecular weight excluding hydrogens is 391 g/mol. The van der Waals surface area contributed by atoms with Crippen LogP contribution < -0.4 is 0 Å². The van der Waals surface area contributed by atoms with Crippen molar-refractivity contribution in [3.05, 3.63) is 39.0 Å². The molecule has 0 heterocycles. The van der Waals surface area contributed by atoms with Crippen LogP contribution in [0.2, 0.25) is 0 Å². The van der Waals surface area contributed by atoms with Crippen molar-refractivity contribution in [1.29, 1.82) is 0 Å². The summed E-state index contributed by atoms with van der Waals surface area (Å²) in [5.41, 5.74) is 4.70. The fourth-order valence-electron chi connectivity index (χ4n) is 4.45. The molecule has 3 rings (SSSR count). The Bertz CT molecular complexity index is 549. The van der Waals surface area contributed by atoms with E-state index in [1.165, 1.54) is 66.9 Å². The van der Waals surface area contributed by atoms with Crippen molar-refractivity contribution < 1.29 is 0 Å². The monoisotopic (exact) mass is 422 g/mol. The predicted molar refractivity (Wildman–Crippen MR) is 110 cm³/mol. The second-order valence-electron chi connectivity index (χ2n) is 7.64. The number of rotatable bonds is 4. The van der Waals surface area contributed by atoms with E-state index in [1.54, 1.807) is 11.1 Å². The molecule has 1 fully saturated rings. The molecule has 1 unspecified atom stereocenters. The zero-order valence-electron chi connectivity index (χ0n) is 14.8. The number of allylic oxidation sites excluding steroid dienone is 2. The van der Waals surface area contributed by atoms with Crippen LogP contribution in [0.25, 0.3) is 5.57 Å². The van der Waals surface area contributed by atoms with Gasteiger partial charge in [-0.1, -0.05) is 44.9 Å². The molecule has 0 nitrogen and oxygen atoms in total. The summed E-state index contributed by atoms with van der Waals surface area (Å²) in [6.45, 7) is 4.68. The fraction of sp³-hybridized carbons (Fsp3) is 0.636. The lowest BCUT2D eigenvalue weighted by molar-refractivity contribution is 0.318. The molecule has 0 aliphatic heterocycles. The molecule has 0 bridgehead atoms. The molecule has 1 atom stereocenters. The molecule has 0 amide bonds. The van der Waals surface area contributed by atoms with Crippen molar-refractivity contribution in [2.24, 2.45) is 11.8 Å². The van der Waals surface area contributed by atoms with Crippen LogP contribution in [0.15, 0.2) is 24.3 Å². The van der Waals surface area contributed by atoms with Crippen LogP contribution in [-0.2, 0) is 0 Å². The van der Waals surface area contributed by atoms with Crippen LogP contribution in [-0.4, -0.2) is 0 Å². The van der Waals surface area contributed by atoms with Gasteiger partial charge in [0, 0.05) is 3.57 Å². The summed E-state index contributed by atoms with van der Waals surface area (Å²) in [5.74, 6) is 2.72. The van der Waals surface area contributed by atoms with Crippen LogP contribution in [0.1, 0.15) is 88.7 Å². The van der Waals surface area contributed by atoms with Crippen LogP contribution in [0, 0.1) is 15.4 Å². The van der Waals surface area contributed by atoms with E-state index in [1.807, 2.05) is 0 Å². The van der Waals surface area contributed by atoms with E-state index in [2.05, 4.69) is 60.7 Å². The Morgan fingerprint density at radius 3 is 2.26 bits per heavy atom. The van der Waals surface area contributed by atoms with E-state index in [-0.39, 0.29) is 0 Å². The lowest BCUT2D eigenvalue weighted by atomic mass is 9.77. The second kappa shape index (κ2) is 8.18. The van der Waals surface area contributed by atoms with Crippen molar-refractivity contribution in [2.45, 2.75) is 77.6 Å². The molecule has 1 aromatic rings. The molecule has 1 saturated carbocycles. The summed E-state index contributed by atoms with van der Waals surface area (Å²) in [4.78, 5) is 0. The first kappa shape index (κ1) is 17.5. The summed E-state index contributed by atoms with van der Waals surface area (Å²) in [6.07, 6.45) is 14.8. The molecular formula is C22H31I. The Hall–Kier alpha value is -0.310. The van der Waals surface area contributed by atoms with Crippen molar-refractivity contribution in [3.63, 3.8) is 0 Å². The van der Waals surface area contributed by atoms with Gasteiger partial charge in [0.2, 0.25) is 0 Å². The third-order valence-corrected chi connectivity index (χ3v) is 7.22. The highest BCUT2D eigenvalue weighted by Gasteiger charge is 2.22. The first-order valence-electron chi connectivity index (χ1n) is 9.70. The van der Waals surface area contributed by atoms with Gasteiger partial charge in [-0.2, -0.15) is 0 Å². The predicted octanol–water partition coefficient (Wildman–Crippen LogP) is 7.57. The van der Waals surface area contributed by atoms with Crippen LogP contribution in [0.4, 0.5) is 0 Å². The van der Waals surface area contributed by atoms with Gasteiger partial charge < -0.3 is 0 Å². The molecule has 0 radical (unpaired) electrons. The largest absolute Gasteiger partial charge is 0.0804 e. The van der Waals surface area contributed by atoms with E-state index in [9.17, 15) is 0 Å². The molecule has 2 aliphatic rings. The average molecular weight is 422 g/mol. The van der Waals surface area contributed by atoms with Gasteiger partial charge in [-0.05, 0) is 108 Å². The lowest BCUT2D eigenvalue weighted by Gasteiger charge is -2.28. The number of hydrogen-bond acceptors (Lipinski definition) is 0. The Morgan fingerprint density at radius 2 is 1.70 bits per heavy atom. The van der Waals surface area contributed by atoms with Crippen LogP contribution >= 0.6 is 22.6 Å². The SMILES string of the molecule is CCC1CC=C(c2ccc(C3CCC(CC)CC3)cc2I)CC1. The first-order chi connectivity index (χ1) is 11.2. The average Bonchev–Trinajstić information content (AvgIpc) is 2.62. The minimum atomic E-state index is 0.810. The first-order valence-corrected chi connectivity index (χ1v) is 10.8. The quantitative estimate of drug-likeness (QED) is 0.439. The molecule has 2 aliphatic carbocycles. The molecule has 1 heteroatoms. The van der Waals surface area contributed by atoms with Crippen molar-refractivity contribution in [2.75, 3.05) is 0 Å². The van der Waals surface area contributed by atoms with Gasteiger partial charge in [0.25, 0.3) is 0 Å². The highest BCUT2D eigenvalue weighted by atomic mass is 127. The maximum atomic E-state index is 2.57. The highest BCUT2D eigenvalue weighted by molar-refractivity contribution is 14.1. The Kier molecular flexibility index (Phi) is 6.23. The molecule has 0 saturated heterocycles. The van der Waals surface area contributed by atoms with Gasteiger partial charge in [-0.15, -0.1) is 0 Å². The van der Waals surface area contributed by atoms with E-state index in [0.29, 0.717) is 0 Å². The normalized spacial score (nSPS) is 28.5. The van der Waals surface area contributed by atoms with Gasteiger partial charge in [-0.25, -0.2) is 0 Å². The Balaban J connectivity index is 1.70. The topological polar surface area (TPSA) is 0 Å². The summed E-state index contributed by atoms with van der Waals surface area (Å²) >= 11 is 2.57. The molecule has 0 N–H and O–H groups in total. The molecule has 0 spiro atoms. The lowest BCUT2D eigenvalue weighted by Crippen LogP contribution is -2.13. The number of halogens is 1. The Morgan fingerprint density at radius 1 is 0.957 bits per heavy atom. The van der Waals surface area contributed by atoms with Crippen molar-refractivity contribution in [3.8, 4) is 0 Å². The van der Waals surface area contributed by atoms with Crippen molar-refractivity contribution >= 4 is 28.2 Å². The van der Waals surface area contributed by atoms with Crippen LogP contribution in [0.3, 0.4) is 0 Å². The second-order valence-corrected chi connectivity index (χ2v) is 8.81. The maximum Gasteiger partial charge on any atom is 0.0208 e. The van der Waals surface area contributed by atoms with Gasteiger partial charge >= 0.3 is 0 Å². The summed E-state index contributed by atoms with van der Waals surface area (Å²) in [7, 11) is 0. The zero-order valence-corrected chi connectivity index (χ0v) is 16.9. The van der Waals surface area contributed by atoms with Gasteiger partial charge in [0.05, 0.1) is 0 Å². The Labute approximate surface area is 156 Å². The molecule has 23 heavy (non-hydrogen) atoms. The van der Waals surface area contributed by atoms with Gasteiger partial charge in [-0.3, -0.25) is 0 Å². The number of hydrogen-bond donors (Lipinski definition) is 0. The molecule has 1 aromatic carbocycles. The van der Waals surface area contributed by atoms with Gasteiger partial charge in [0.15, 0.2) is 0 Å². The highest BCUT2D eigenvalue weighted by Crippen LogP contribution is 2.39. The maximum absolute atomic E-state index is 2.57. The summed E-state index contributed by atoms with van der Waals surface area (Å²) in [5, 5.41) is 0. The van der Waals surface area contributed by atoms with E-state index >= 15 is 0 Å². The standard InChI is InChI=1S/C22H31I/c1-3-16-5-9-18(10-6-16)20-13-14-21(22(23)15-20)19-11-7-17(4-2)8-12-19/h11,13-18H,3-10,12H2,1-2H3. The third kappa shape index (κ3) is 4.21. The third-order valence-electron chi connectivity index (χ3n) is 6.33. The summed E-state index contributed by atoms with van der Waals surface area (Å²) in [6, 6.07) is 7.34. The zero-order chi connectivity index (χ0) is 16.2. The molecule has 0 aromatic heterocycles. The minimum Gasteiger partial charge on any atom is -0.0804 e. The van der Waals surface area contributed by atoms with E-state index < -0.39 is 0 Å². The molecule has 126 valence electrons. The van der Waals surface area contributed by atoms with Crippen molar-refractivity contribution in [1.82, 2.24) is 0 Å². The fourth-order valence-corrected chi connectivity index (χ4v) is 5.34. The number of benzene rings is 1. The smallest absolute Gasteiger partial charge is 0.0208 e. The van der Waals surface area contributed by atoms with Gasteiger partial charge in [0.1, 0.15) is 0 Å². The summed E-state index contributed by atoms with van der Waals surface area (Å²) < 4.78 is 1.47. The minimum absolute atomic E-state index is 0.810. The van der Waals surface area contributed by atoms with Crippen LogP contribution in [0.5, 0.6) is 0 Å².